The number of ether oxygens (including phenoxy) is 2. The number of halogens is 3. The molecule has 4 N–H and O–H groups in total. The van der Waals surface area contributed by atoms with Crippen molar-refractivity contribution in [3.63, 3.8) is 0 Å². The first-order chi connectivity index (χ1) is 14.1. The number of carbonyl (C=O) groups is 1. The summed E-state index contributed by atoms with van der Waals surface area (Å²) in [6.45, 7) is 0.270. The summed E-state index contributed by atoms with van der Waals surface area (Å²) in [5.41, 5.74) is 0.538. The SMILES string of the molecule is CC(=O)c1c(O)cc(O)c(-c2ccc(OC(F)(F)F)cc2)c1CCOC(CO)CO. The second-order valence-corrected chi connectivity index (χ2v) is 6.38. The maximum Gasteiger partial charge on any atom is 0.573 e. The van der Waals surface area contributed by atoms with Crippen LogP contribution in [0.1, 0.15) is 22.8 Å². The van der Waals surface area contributed by atoms with Crippen LogP contribution in [0.25, 0.3) is 11.1 Å². The highest BCUT2D eigenvalue weighted by atomic mass is 19.4. The Hall–Kier alpha value is -2.82. The fraction of sp³-hybridized carbons (Fsp3) is 0.350. The van der Waals surface area contributed by atoms with Crippen molar-refractivity contribution in [2.75, 3.05) is 19.8 Å². The Morgan fingerprint density at radius 2 is 1.67 bits per heavy atom. The molecule has 0 aliphatic rings. The van der Waals surface area contributed by atoms with Crippen molar-refractivity contribution in [3.05, 3.63) is 41.5 Å². The quantitative estimate of drug-likeness (QED) is 0.452. The number of carbonyl (C=O) groups excluding carboxylic acids is 1. The van der Waals surface area contributed by atoms with Gasteiger partial charge >= 0.3 is 6.36 Å². The van der Waals surface area contributed by atoms with Gasteiger partial charge in [-0.15, -0.1) is 13.2 Å². The monoisotopic (exact) mass is 430 g/mol. The molecular formula is C20H21F3O7. The molecule has 0 radical (unpaired) electrons. The van der Waals surface area contributed by atoms with Gasteiger partial charge in [-0.25, -0.2) is 0 Å². The van der Waals surface area contributed by atoms with Gasteiger partial charge in [0.05, 0.1) is 25.4 Å². The zero-order chi connectivity index (χ0) is 22.5. The molecule has 0 aromatic heterocycles. The van der Waals surface area contributed by atoms with Crippen molar-refractivity contribution < 1.29 is 47.9 Å². The van der Waals surface area contributed by atoms with Crippen LogP contribution in [-0.4, -0.2) is 58.5 Å². The van der Waals surface area contributed by atoms with Crippen LogP contribution in [0, 0.1) is 0 Å². The third kappa shape index (κ3) is 5.85. The minimum Gasteiger partial charge on any atom is -0.507 e. The van der Waals surface area contributed by atoms with Gasteiger partial charge in [0.15, 0.2) is 5.78 Å². The van der Waals surface area contributed by atoms with Crippen LogP contribution in [0.5, 0.6) is 17.2 Å². The lowest BCUT2D eigenvalue weighted by molar-refractivity contribution is -0.274. The molecule has 164 valence electrons. The average molecular weight is 430 g/mol. The van der Waals surface area contributed by atoms with Crippen LogP contribution in [0.3, 0.4) is 0 Å². The number of phenols is 2. The highest BCUT2D eigenvalue weighted by molar-refractivity contribution is 6.01. The lowest BCUT2D eigenvalue weighted by atomic mass is 9.90. The Bertz CT molecular complexity index is 875. The molecule has 0 bridgehead atoms. The van der Waals surface area contributed by atoms with Crippen molar-refractivity contribution >= 4 is 5.78 Å². The molecule has 7 nitrogen and oxygen atoms in total. The van der Waals surface area contributed by atoms with Gasteiger partial charge in [0, 0.05) is 11.6 Å². The Labute approximate surface area is 169 Å². The second kappa shape index (κ2) is 9.79. The number of hydrogen-bond acceptors (Lipinski definition) is 7. The fourth-order valence-corrected chi connectivity index (χ4v) is 2.99. The predicted octanol–water partition coefficient (Wildman–Crippen LogP) is 2.78. The molecule has 0 unspecified atom stereocenters. The third-order valence-electron chi connectivity index (χ3n) is 4.23. The van der Waals surface area contributed by atoms with E-state index in [1.165, 1.54) is 19.1 Å². The summed E-state index contributed by atoms with van der Waals surface area (Å²) < 4.78 is 46.2. The van der Waals surface area contributed by atoms with Crippen LogP contribution in [0.4, 0.5) is 13.2 Å². The number of rotatable bonds is 9. The van der Waals surface area contributed by atoms with Gasteiger partial charge in [0.25, 0.3) is 0 Å². The molecule has 10 heteroatoms. The van der Waals surface area contributed by atoms with E-state index in [1.807, 2.05) is 0 Å². The first-order valence-electron chi connectivity index (χ1n) is 8.85. The second-order valence-electron chi connectivity index (χ2n) is 6.38. The molecule has 0 aliphatic carbocycles. The number of Topliss-reactive ketones (excluding diaryl/α,β-unsaturated/α-hetero) is 1. The van der Waals surface area contributed by atoms with E-state index < -0.39 is 48.7 Å². The summed E-state index contributed by atoms with van der Waals surface area (Å²) in [5.74, 6) is -1.81. The number of ketones is 1. The smallest absolute Gasteiger partial charge is 0.507 e. The lowest BCUT2D eigenvalue weighted by Crippen LogP contribution is -2.23. The fourth-order valence-electron chi connectivity index (χ4n) is 2.99. The zero-order valence-corrected chi connectivity index (χ0v) is 15.9. The van der Waals surface area contributed by atoms with Crippen molar-refractivity contribution in [1.29, 1.82) is 0 Å². The molecule has 0 amide bonds. The summed E-state index contributed by atoms with van der Waals surface area (Å²) >= 11 is 0. The number of aliphatic hydroxyl groups excluding tert-OH is 2. The van der Waals surface area contributed by atoms with Crippen molar-refractivity contribution in [1.82, 2.24) is 0 Å². The third-order valence-corrected chi connectivity index (χ3v) is 4.23. The van der Waals surface area contributed by atoms with Gasteiger partial charge in [0.1, 0.15) is 23.4 Å². The van der Waals surface area contributed by atoms with E-state index in [0.29, 0.717) is 0 Å². The van der Waals surface area contributed by atoms with Crippen LogP contribution in [0.2, 0.25) is 0 Å². The zero-order valence-electron chi connectivity index (χ0n) is 15.9. The van der Waals surface area contributed by atoms with Gasteiger partial charge in [-0.3, -0.25) is 4.79 Å². The molecule has 30 heavy (non-hydrogen) atoms. The first-order valence-corrected chi connectivity index (χ1v) is 8.85. The molecule has 0 atom stereocenters. The number of phenolic OH excluding ortho intramolecular Hbond substituents is 2. The van der Waals surface area contributed by atoms with E-state index in [1.54, 1.807) is 0 Å². The lowest BCUT2D eigenvalue weighted by Gasteiger charge is -2.19. The van der Waals surface area contributed by atoms with Crippen LogP contribution in [-0.2, 0) is 11.2 Å². The van der Waals surface area contributed by atoms with E-state index in [9.17, 15) is 28.2 Å². The summed E-state index contributed by atoms with van der Waals surface area (Å²) in [6.07, 6.45) is -5.70. The minimum absolute atomic E-state index is 0.00348. The molecule has 0 heterocycles. The molecule has 0 fully saturated rings. The van der Waals surface area contributed by atoms with Crippen LogP contribution >= 0.6 is 0 Å². The number of aromatic hydroxyl groups is 2. The van der Waals surface area contributed by atoms with E-state index >= 15 is 0 Å². The normalized spacial score (nSPS) is 11.7. The summed E-state index contributed by atoms with van der Waals surface area (Å²) in [7, 11) is 0. The largest absolute Gasteiger partial charge is 0.573 e. The van der Waals surface area contributed by atoms with E-state index in [-0.39, 0.29) is 35.3 Å². The van der Waals surface area contributed by atoms with Crippen molar-refractivity contribution in [3.8, 4) is 28.4 Å². The van der Waals surface area contributed by atoms with Gasteiger partial charge < -0.3 is 29.9 Å². The minimum atomic E-state index is -4.86. The van der Waals surface area contributed by atoms with Gasteiger partial charge in [0.2, 0.25) is 0 Å². The molecule has 0 saturated heterocycles. The van der Waals surface area contributed by atoms with E-state index in [0.717, 1.165) is 18.2 Å². The van der Waals surface area contributed by atoms with Gasteiger partial charge in [-0.2, -0.15) is 0 Å². The van der Waals surface area contributed by atoms with E-state index in [4.69, 9.17) is 14.9 Å². The molecule has 0 aliphatic heterocycles. The number of alkyl halides is 3. The molecular weight excluding hydrogens is 409 g/mol. The number of benzene rings is 2. The summed E-state index contributed by atoms with van der Waals surface area (Å²) in [6, 6.07) is 5.62. The van der Waals surface area contributed by atoms with Crippen LogP contribution < -0.4 is 4.74 Å². The molecule has 0 saturated carbocycles. The van der Waals surface area contributed by atoms with Crippen molar-refractivity contribution in [2.45, 2.75) is 25.8 Å². The van der Waals surface area contributed by atoms with Crippen LogP contribution in [0.15, 0.2) is 30.3 Å². The highest BCUT2D eigenvalue weighted by Gasteiger charge is 2.31. The number of aliphatic hydroxyl groups is 2. The Morgan fingerprint density at radius 1 is 1.07 bits per heavy atom. The Morgan fingerprint density at radius 3 is 2.17 bits per heavy atom. The van der Waals surface area contributed by atoms with E-state index in [2.05, 4.69) is 4.74 Å². The Balaban J connectivity index is 2.47. The predicted molar refractivity (Wildman–Crippen MR) is 99.5 cm³/mol. The highest BCUT2D eigenvalue weighted by Crippen LogP contribution is 2.40. The summed E-state index contributed by atoms with van der Waals surface area (Å²) in [5, 5.41) is 38.7. The maximum absolute atomic E-state index is 12.4. The standard InChI is InChI=1S/C20H21F3O7/c1-11(26)18-15(6-7-29-14(9-24)10-25)19(17(28)8-16(18)27)12-2-4-13(5-3-12)30-20(21,22)23/h2-5,8,14,24-25,27-28H,6-7,9-10H2,1H3. The first kappa shape index (κ1) is 23.5. The molecule has 2 rings (SSSR count). The topological polar surface area (TPSA) is 116 Å². The maximum atomic E-state index is 12.4. The van der Waals surface area contributed by atoms with Crippen molar-refractivity contribution in [2.24, 2.45) is 0 Å². The Kier molecular flexibility index (Phi) is 7.65. The molecule has 2 aromatic carbocycles. The average Bonchev–Trinajstić information content (AvgIpc) is 2.64. The molecule has 2 aromatic rings. The molecule has 0 spiro atoms. The van der Waals surface area contributed by atoms with Gasteiger partial charge in [-0.05, 0) is 36.6 Å². The summed E-state index contributed by atoms with van der Waals surface area (Å²) in [4.78, 5) is 12.1. The number of hydrogen-bond donors (Lipinski definition) is 4. The van der Waals surface area contributed by atoms with Gasteiger partial charge in [-0.1, -0.05) is 12.1 Å².